The maximum atomic E-state index is 12.6. The largest absolute Gasteiger partial charge is 0.497 e. The van der Waals surface area contributed by atoms with E-state index in [0.29, 0.717) is 6.54 Å². The molecule has 0 bridgehead atoms. The lowest BCUT2D eigenvalue weighted by molar-refractivity contribution is -0.162. The minimum atomic E-state index is -0.501. The fourth-order valence-electron chi connectivity index (χ4n) is 4.02. The van der Waals surface area contributed by atoms with Crippen molar-refractivity contribution >= 4 is 17.5 Å². The average molecular weight is 424 g/mol. The van der Waals surface area contributed by atoms with Gasteiger partial charge in [0.05, 0.1) is 19.8 Å². The summed E-state index contributed by atoms with van der Waals surface area (Å²) in [6.45, 7) is 0.119. The number of rotatable bonds is 7. The molecule has 2 N–H and O–H groups in total. The van der Waals surface area contributed by atoms with Gasteiger partial charge in [-0.1, -0.05) is 30.7 Å². The van der Waals surface area contributed by atoms with Gasteiger partial charge in [-0.2, -0.15) is 0 Å². The number of carbonyl (C=O) groups excluding carboxylic acids is 2. The minimum Gasteiger partial charge on any atom is -0.497 e. The Morgan fingerprint density at radius 1 is 1.16 bits per heavy atom. The molecular formula is C24H28N2O5. The highest BCUT2D eigenvalue weighted by Crippen LogP contribution is 2.32. The summed E-state index contributed by atoms with van der Waals surface area (Å²) in [5.41, 5.74) is 2.54. The van der Waals surface area contributed by atoms with Crippen LogP contribution in [0.4, 0.5) is 5.69 Å². The molecule has 2 aliphatic rings. The minimum absolute atomic E-state index is 0.0442. The Labute approximate surface area is 182 Å². The van der Waals surface area contributed by atoms with E-state index >= 15 is 0 Å². The summed E-state index contributed by atoms with van der Waals surface area (Å²) in [5.74, 6) is 0.781. The number of nitrogens with zero attached hydrogens (tertiary/aromatic N) is 1. The molecule has 164 valence electrons. The quantitative estimate of drug-likeness (QED) is 0.714. The zero-order valence-corrected chi connectivity index (χ0v) is 17.6. The SMILES string of the molecule is COc1ccc(CN2C(=O)COC(c3ccc(NC(=O)C4CCC4)cc3)C2CO)cc1. The molecule has 2 atom stereocenters. The van der Waals surface area contributed by atoms with E-state index in [-0.39, 0.29) is 30.9 Å². The highest BCUT2D eigenvalue weighted by Gasteiger charge is 2.37. The number of carbonyl (C=O) groups is 2. The van der Waals surface area contributed by atoms with Crippen LogP contribution in [-0.2, 0) is 20.9 Å². The number of benzene rings is 2. The summed E-state index contributed by atoms with van der Waals surface area (Å²) < 4.78 is 11.0. The summed E-state index contributed by atoms with van der Waals surface area (Å²) in [4.78, 5) is 26.4. The molecule has 2 unspecified atom stereocenters. The van der Waals surface area contributed by atoms with Crippen molar-refractivity contribution in [1.82, 2.24) is 4.90 Å². The van der Waals surface area contributed by atoms with Crippen LogP contribution in [-0.4, -0.2) is 48.2 Å². The third-order valence-electron chi connectivity index (χ3n) is 6.14. The number of morpholine rings is 1. The highest BCUT2D eigenvalue weighted by atomic mass is 16.5. The molecular weight excluding hydrogens is 396 g/mol. The Morgan fingerprint density at radius 3 is 2.45 bits per heavy atom. The van der Waals surface area contributed by atoms with E-state index in [4.69, 9.17) is 9.47 Å². The standard InChI is InChI=1S/C24H28N2O5/c1-30-20-11-5-16(6-12-20)13-26-21(14-27)23(31-15-22(26)28)17-7-9-19(10-8-17)25-24(29)18-3-2-4-18/h5-12,18,21,23,27H,2-4,13-15H2,1H3,(H,25,29). The molecule has 7 nitrogen and oxygen atoms in total. The Balaban J connectivity index is 1.46. The van der Waals surface area contributed by atoms with Gasteiger partial charge < -0.3 is 24.8 Å². The molecule has 0 radical (unpaired) electrons. The first kappa shape index (κ1) is 21.3. The number of hydrogen-bond donors (Lipinski definition) is 2. The van der Waals surface area contributed by atoms with Crippen LogP contribution in [0.25, 0.3) is 0 Å². The predicted molar refractivity (Wildman–Crippen MR) is 116 cm³/mol. The lowest BCUT2D eigenvalue weighted by Gasteiger charge is -2.40. The first-order valence-electron chi connectivity index (χ1n) is 10.6. The van der Waals surface area contributed by atoms with Crippen LogP contribution in [0, 0.1) is 5.92 Å². The second-order valence-electron chi connectivity index (χ2n) is 8.09. The molecule has 0 spiro atoms. The second-order valence-corrected chi connectivity index (χ2v) is 8.09. The van der Waals surface area contributed by atoms with E-state index in [9.17, 15) is 14.7 Å². The number of anilines is 1. The average Bonchev–Trinajstić information content (AvgIpc) is 2.75. The third-order valence-corrected chi connectivity index (χ3v) is 6.14. The van der Waals surface area contributed by atoms with Gasteiger partial charge >= 0.3 is 0 Å². The Bertz CT molecular complexity index is 909. The number of nitrogens with one attached hydrogen (secondary N) is 1. The van der Waals surface area contributed by atoms with Crippen LogP contribution in [0.1, 0.15) is 36.5 Å². The van der Waals surface area contributed by atoms with E-state index in [1.165, 1.54) is 0 Å². The molecule has 2 fully saturated rings. The summed E-state index contributed by atoms with van der Waals surface area (Å²) in [5, 5.41) is 13.0. The summed E-state index contributed by atoms with van der Waals surface area (Å²) >= 11 is 0. The summed E-state index contributed by atoms with van der Waals surface area (Å²) in [6, 6.07) is 14.5. The molecule has 1 saturated heterocycles. The van der Waals surface area contributed by atoms with Crippen molar-refractivity contribution in [2.75, 3.05) is 25.6 Å². The van der Waals surface area contributed by atoms with E-state index in [1.54, 1.807) is 12.0 Å². The molecule has 1 saturated carbocycles. The number of ether oxygens (including phenoxy) is 2. The van der Waals surface area contributed by atoms with E-state index in [0.717, 1.165) is 41.8 Å². The van der Waals surface area contributed by atoms with Crippen molar-refractivity contribution in [2.24, 2.45) is 5.92 Å². The molecule has 1 heterocycles. The first-order valence-corrected chi connectivity index (χ1v) is 10.6. The molecule has 7 heteroatoms. The fraction of sp³-hybridized carbons (Fsp3) is 0.417. The Hall–Kier alpha value is -2.90. The second kappa shape index (κ2) is 9.49. The summed E-state index contributed by atoms with van der Waals surface area (Å²) in [6.07, 6.45) is 2.58. The Morgan fingerprint density at radius 2 is 1.87 bits per heavy atom. The van der Waals surface area contributed by atoms with Gasteiger partial charge in [0.2, 0.25) is 11.8 Å². The van der Waals surface area contributed by atoms with Crippen molar-refractivity contribution < 1.29 is 24.2 Å². The number of aliphatic hydroxyl groups is 1. The molecule has 0 aromatic heterocycles. The van der Waals surface area contributed by atoms with Gasteiger partial charge in [-0.3, -0.25) is 9.59 Å². The topological polar surface area (TPSA) is 88.1 Å². The lowest BCUT2D eigenvalue weighted by atomic mass is 9.85. The molecule has 1 aliphatic carbocycles. The predicted octanol–water partition coefficient (Wildman–Crippen LogP) is 2.89. The molecule has 2 aromatic rings. The Kier molecular flexibility index (Phi) is 6.53. The first-order chi connectivity index (χ1) is 15.1. The fourth-order valence-corrected chi connectivity index (χ4v) is 4.02. The van der Waals surface area contributed by atoms with Crippen molar-refractivity contribution in [3.05, 3.63) is 59.7 Å². The van der Waals surface area contributed by atoms with Gasteiger partial charge in [0, 0.05) is 18.2 Å². The molecule has 31 heavy (non-hydrogen) atoms. The van der Waals surface area contributed by atoms with Gasteiger partial charge in [0.15, 0.2) is 0 Å². The maximum absolute atomic E-state index is 12.6. The number of aliphatic hydroxyl groups excluding tert-OH is 1. The monoisotopic (exact) mass is 424 g/mol. The van der Waals surface area contributed by atoms with Crippen LogP contribution < -0.4 is 10.1 Å². The van der Waals surface area contributed by atoms with Gasteiger partial charge in [-0.05, 0) is 48.2 Å². The summed E-state index contributed by atoms with van der Waals surface area (Å²) in [7, 11) is 1.61. The molecule has 2 amide bonds. The van der Waals surface area contributed by atoms with Gasteiger partial charge in [0.1, 0.15) is 18.5 Å². The molecule has 2 aromatic carbocycles. The van der Waals surface area contributed by atoms with Crippen LogP contribution in [0.3, 0.4) is 0 Å². The van der Waals surface area contributed by atoms with Gasteiger partial charge in [0.25, 0.3) is 0 Å². The van der Waals surface area contributed by atoms with Crippen LogP contribution in [0.2, 0.25) is 0 Å². The lowest BCUT2D eigenvalue weighted by Crippen LogP contribution is -2.52. The number of methoxy groups -OCH3 is 1. The van der Waals surface area contributed by atoms with Crippen molar-refractivity contribution in [3.8, 4) is 5.75 Å². The van der Waals surface area contributed by atoms with E-state index < -0.39 is 12.1 Å². The smallest absolute Gasteiger partial charge is 0.249 e. The van der Waals surface area contributed by atoms with E-state index in [1.807, 2.05) is 48.5 Å². The van der Waals surface area contributed by atoms with E-state index in [2.05, 4.69) is 5.32 Å². The van der Waals surface area contributed by atoms with Crippen LogP contribution >= 0.6 is 0 Å². The van der Waals surface area contributed by atoms with Crippen molar-refractivity contribution in [3.63, 3.8) is 0 Å². The zero-order valence-electron chi connectivity index (χ0n) is 17.6. The normalized spacial score (nSPS) is 21.5. The highest BCUT2D eigenvalue weighted by molar-refractivity contribution is 5.93. The number of amides is 2. The molecule has 1 aliphatic heterocycles. The van der Waals surface area contributed by atoms with Crippen LogP contribution in [0.15, 0.2) is 48.5 Å². The molecule has 4 rings (SSSR count). The van der Waals surface area contributed by atoms with Gasteiger partial charge in [-0.15, -0.1) is 0 Å². The number of hydrogen-bond acceptors (Lipinski definition) is 5. The van der Waals surface area contributed by atoms with Crippen molar-refractivity contribution in [2.45, 2.75) is 38.0 Å². The van der Waals surface area contributed by atoms with Gasteiger partial charge in [-0.25, -0.2) is 0 Å². The zero-order chi connectivity index (χ0) is 21.8. The maximum Gasteiger partial charge on any atom is 0.249 e. The third kappa shape index (κ3) is 4.73. The van der Waals surface area contributed by atoms with Crippen molar-refractivity contribution in [1.29, 1.82) is 0 Å². The van der Waals surface area contributed by atoms with Crippen LogP contribution in [0.5, 0.6) is 5.75 Å².